The van der Waals surface area contributed by atoms with E-state index in [1.165, 1.54) is 11.1 Å². The Hall–Kier alpha value is -0.560. The molecule has 1 nitrogen and oxygen atoms in total. The average Bonchev–Trinajstić information content (AvgIpc) is 2.38. The number of fused-ring (bicyclic) bond motifs is 1. The van der Waals surface area contributed by atoms with Gasteiger partial charge in [-0.1, -0.05) is 37.1 Å². The Morgan fingerprint density at radius 1 is 1.44 bits per heavy atom. The molecule has 2 aliphatic carbocycles. The minimum Gasteiger partial charge on any atom is -0.390 e. The molecule has 3 atom stereocenters. The molecule has 0 saturated heterocycles. The molecule has 1 N–H and O–H groups in total. The summed E-state index contributed by atoms with van der Waals surface area (Å²) in [4.78, 5) is 0. The van der Waals surface area contributed by atoms with Gasteiger partial charge in [-0.25, -0.2) is 0 Å². The Morgan fingerprint density at radius 3 is 2.75 bits per heavy atom. The molecule has 1 fully saturated rings. The van der Waals surface area contributed by atoms with Crippen LogP contribution in [0, 0.1) is 17.8 Å². The van der Waals surface area contributed by atoms with Crippen molar-refractivity contribution in [2.24, 2.45) is 17.8 Å². The lowest BCUT2D eigenvalue weighted by Gasteiger charge is -2.27. The normalized spacial score (nSPS) is 39.1. The zero-order valence-electron chi connectivity index (χ0n) is 11.0. The Bertz CT molecular complexity index is 333. The summed E-state index contributed by atoms with van der Waals surface area (Å²) in [5.41, 5.74) is 2.48. The number of hydrogen-bond donors (Lipinski definition) is 1. The van der Waals surface area contributed by atoms with E-state index >= 15 is 0 Å². The van der Waals surface area contributed by atoms with Gasteiger partial charge in [-0.15, -0.1) is 0 Å². The first-order chi connectivity index (χ1) is 7.42. The predicted molar refractivity (Wildman–Crippen MR) is 68.1 cm³/mol. The fourth-order valence-electron chi connectivity index (χ4n) is 3.19. The first kappa shape index (κ1) is 11.9. The molecule has 0 spiro atoms. The standard InChI is InChI=1S/C15H24O/c1-10(2)12-6-5-11(3)13-7-8-15(4,16)14(13)9-12/h5,9-10,13-14,16H,6-8H2,1-4H3/t13?,14?,15-/m1/s1. The fourth-order valence-corrected chi connectivity index (χ4v) is 3.19. The van der Waals surface area contributed by atoms with E-state index in [0.717, 1.165) is 19.3 Å². The molecule has 0 radical (unpaired) electrons. The zero-order valence-corrected chi connectivity index (χ0v) is 11.0. The van der Waals surface area contributed by atoms with E-state index in [4.69, 9.17) is 0 Å². The van der Waals surface area contributed by atoms with Gasteiger partial charge < -0.3 is 5.11 Å². The van der Waals surface area contributed by atoms with Gasteiger partial charge in [0.25, 0.3) is 0 Å². The van der Waals surface area contributed by atoms with Crippen molar-refractivity contribution in [3.8, 4) is 0 Å². The van der Waals surface area contributed by atoms with Gasteiger partial charge in [-0.05, 0) is 44.9 Å². The van der Waals surface area contributed by atoms with Crippen molar-refractivity contribution in [2.45, 2.75) is 52.6 Å². The summed E-state index contributed by atoms with van der Waals surface area (Å²) in [5, 5.41) is 10.5. The van der Waals surface area contributed by atoms with Crippen LogP contribution >= 0.6 is 0 Å². The van der Waals surface area contributed by atoms with Crippen molar-refractivity contribution in [2.75, 3.05) is 0 Å². The number of rotatable bonds is 1. The van der Waals surface area contributed by atoms with Crippen LogP contribution in [-0.2, 0) is 0 Å². The number of hydrogen-bond acceptors (Lipinski definition) is 1. The molecule has 1 heteroatoms. The number of allylic oxidation sites excluding steroid dienone is 3. The van der Waals surface area contributed by atoms with Crippen molar-refractivity contribution >= 4 is 0 Å². The van der Waals surface area contributed by atoms with Crippen molar-refractivity contribution in [1.29, 1.82) is 0 Å². The highest BCUT2D eigenvalue weighted by atomic mass is 16.3. The Kier molecular flexibility index (Phi) is 3.00. The molecule has 2 rings (SSSR count). The van der Waals surface area contributed by atoms with Crippen LogP contribution in [0.2, 0.25) is 0 Å². The van der Waals surface area contributed by atoms with Crippen molar-refractivity contribution in [1.82, 2.24) is 0 Å². The monoisotopic (exact) mass is 220 g/mol. The molecule has 1 saturated carbocycles. The van der Waals surface area contributed by atoms with Crippen molar-refractivity contribution in [3.05, 3.63) is 23.3 Å². The van der Waals surface area contributed by atoms with Gasteiger partial charge in [0.15, 0.2) is 0 Å². The summed E-state index contributed by atoms with van der Waals surface area (Å²) >= 11 is 0. The SMILES string of the molecule is CC1=CCC(C(C)C)=CC2C1CC[C@@]2(C)O. The van der Waals surface area contributed by atoms with Crippen LogP contribution in [0.15, 0.2) is 23.3 Å². The van der Waals surface area contributed by atoms with Crippen molar-refractivity contribution < 1.29 is 5.11 Å². The molecule has 0 aromatic heterocycles. The van der Waals surface area contributed by atoms with E-state index in [1.54, 1.807) is 0 Å². The summed E-state index contributed by atoms with van der Waals surface area (Å²) in [5.74, 6) is 1.51. The van der Waals surface area contributed by atoms with E-state index in [1.807, 2.05) is 6.92 Å². The molecule has 0 bridgehead atoms. The molecule has 2 unspecified atom stereocenters. The van der Waals surface area contributed by atoms with Crippen LogP contribution in [0.3, 0.4) is 0 Å². The quantitative estimate of drug-likeness (QED) is 0.668. The third-order valence-corrected chi connectivity index (χ3v) is 4.49. The maximum absolute atomic E-state index is 10.5. The Labute approximate surface area is 99.3 Å². The molecule has 90 valence electrons. The average molecular weight is 220 g/mol. The van der Waals surface area contributed by atoms with E-state index in [0.29, 0.717) is 17.8 Å². The highest BCUT2D eigenvalue weighted by Crippen LogP contribution is 2.47. The van der Waals surface area contributed by atoms with Gasteiger partial charge in [0.05, 0.1) is 5.60 Å². The maximum atomic E-state index is 10.5. The van der Waals surface area contributed by atoms with Crippen LogP contribution in [-0.4, -0.2) is 10.7 Å². The lowest BCUT2D eigenvalue weighted by atomic mass is 9.83. The summed E-state index contributed by atoms with van der Waals surface area (Å²) in [6, 6.07) is 0. The molecule has 16 heavy (non-hydrogen) atoms. The van der Waals surface area contributed by atoms with E-state index in [9.17, 15) is 5.11 Å². The highest BCUT2D eigenvalue weighted by Gasteiger charge is 2.43. The van der Waals surface area contributed by atoms with Gasteiger partial charge >= 0.3 is 0 Å². The van der Waals surface area contributed by atoms with Crippen LogP contribution in [0.5, 0.6) is 0 Å². The van der Waals surface area contributed by atoms with Gasteiger partial charge in [0.1, 0.15) is 0 Å². The molecule has 0 aromatic carbocycles. The predicted octanol–water partition coefficient (Wildman–Crippen LogP) is 3.70. The molecule has 0 aliphatic heterocycles. The Balaban J connectivity index is 2.37. The lowest BCUT2D eigenvalue weighted by molar-refractivity contribution is 0.0329. The number of aliphatic hydroxyl groups is 1. The summed E-state index contributed by atoms with van der Waals surface area (Å²) in [6.45, 7) is 8.74. The first-order valence-electron chi connectivity index (χ1n) is 6.51. The third kappa shape index (κ3) is 1.98. The molecule has 0 aromatic rings. The van der Waals surface area contributed by atoms with Gasteiger partial charge in [-0.3, -0.25) is 0 Å². The minimum absolute atomic E-state index is 0.337. The lowest BCUT2D eigenvalue weighted by Crippen LogP contribution is -2.30. The smallest absolute Gasteiger partial charge is 0.0688 e. The molecule has 2 aliphatic rings. The van der Waals surface area contributed by atoms with Crippen LogP contribution in [0.1, 0.15) is 47.0 Å². The van der Waals surface area contributed by atoms with Crippen LogP contribution in [0.4, 0.5) is 0 Å². The first-order valence-corrected chi connectivity index (χ1v) is 6.51. The second kappa shape index (κ2) is 4.03. The second-order valence-corrected chi connectivity index (χ2v) is 6.08. The zero-order chi connectivity index (χ0) is 11.9. The van der Waals surface area contributed by atoms with Gasteiger partial charge in [-0.2, -0.15) is 0 Å². The minimum atomic E-state index is -0.496. The van der Waals surface area contributed by atoms with Crippen LogP contribution < -0.4 is 0 Å². The van der Waals surface area contributed by atoms with Gasteiger partial charge in [0, 0.05) is 5.92 Å². The Morgan fingerprint density at radius 2 is 2.12 bits per heavy atom. The van der Waals surface area contributed by atoms with E-state index in [2.05, 4.69) is 32.9 Å². The summed E-state index contributed by atoms with van der Waals surface area (Å²) < 4.78 is 0. The molecular weight excluding hydrogens is 196 g/mol. The van der Waals surface area contributed by atoms with Gasteiger partial charge in [0.2, 0.25) is 0 Å². The summed E-state index contributed by atoms with van der Waals surface area (Å²) in [7, 11) is 0. The molecule has 0 amide bonds. The largest absolute Gasteiger partial charge is 0.390 e. The van der Waals surface area contributed by atoms with Crippen LogP contribution in [0.25, 0.3) is 0 Å². The molecule has 0 heterocycles. The topological polar surface area (TPSA) is 20.2 Å². The summed E-state index contributed by atoms with van der Waals surface area (Å²) in [6.07, 6.45) is 7.90. The van der Waals surface area contributed by atoms with E-state index in [-0.39, 0.29) is 0 Å². The van der Waals surface area contributed by atoms with Crippen molar-refractivity contribution in [3.63, 3.8) is 0 Å². The third-order valence-electron chi connectivity index (χ3n) is 4.49. The van der Waals surface area contributed by atoms with E-state index < -0.39 is 5.60 Å². The highest BCUT2D eigenvalue weighted by molar-refractivity contribution is 5.26. The maximum Gasteiger partial charge on any atom is 0.0688 e. The molecular formula is C15H24O. The fraction of sp³-hybridized carbons (Fsp3) is 0.733. The second-order valence-electron chi connectivity index (χ2n) is 6.08.